The molecular formula is C27H33F3N4O3. The van der Waals surface area contributed by atoms with Crippen LogP contribution >= 0.6 is 0 Å². The Bertz CT molecular complexity index is 1150. The summed E-state index contributed by atoms with van der Waals surface area (Å²) in [5.41, 5.74) is 5.88. The first-order valence-corrected chi connectivity index (χ1v) is 12.5. The second kappa shape index (κ2) is 11.0. The summed E-state index contributed by atoms with van der Waals surface area (Å²) >= 11 is 0. The Morgan fingerprint density at radius 1 is 1.16 bits per heavy atom. The number of nitrogens with one attached hydrogen (secondary N) is 1. The average Bonchev–Trinajstić information content (AvgIpc) is 3.32. The van der Waals surface area contributed by atoms with Crippen LogP contribution < -0.4 is 20.7 Å². The monoisotopic (exact) mass is 518 g/mol. The van der Waals surface area contributed by atoms with Crippen molar-refractivity contribution in [1.29, 1.82) is 0 Å². The maximum atomic E-state index is 14.0. The van der Waals surface area contributed by atoms with Crippen molar-refractivity contribution in [1.82, 2.24) is 4.90 Å². The van der Waals surface area contributed by atoms with Gasteiger partial charge in [-0.15, -0.1) is 0 Å². The Morgan fingerprint density at radius 3 is 2.49 bits per heavy atom. The molecule has 0 aliphatic carbocycles. The van der Waals surface area contributed by atoms with Gasteiger partial charge in [-0.05, 0) is 67.6 Å². The molecule has 0 saturated carbocycles. The summed E-state index contributed by atoms with van der Waals surface area (Å²) < 4.78 is 47.4. The number of aldehydes is 1. The molecule has 4 rings (SSSR count). The number of likely N-dealkylation sites (tertiary alicyclic amines) is 1. The zero-order valence-electron chi connectivity index (χ0n) is 21.1. The third-order valence-corrected chi connectivity index (χ3v) is 7.45. The molecule has 1 amide bonds. The Labute approximate surface area is 214 Å². The van der Waals surface area contributed by atoms with Crippen LogP contribution in [-0.4, -0.2) is 62.5 Å². The summed E-state index contributed by atoms with van der Waals surface area (Å²) in [6.45, 7) is 5.32. The van der Waals surface area contributed by atoms with Gasteiger partial charge >= 0.3 is 6.18 Å². The molecular weight excluding hydrogens is 485 g/mol. The van der Waals surface area contributed by atoms with Gasteiger partial charge in [-0.3, -0.25) is 9.69 Å². The Morgan fingerprint density at radius 2 is 1.89 bits per heavy atom. The molecule has 1 atom stereocenters. The normalized spacial score (nSPS) is 19.2. The van der Waals surface area contributed by atoms with E-state index >= 15 is 0 Å². The zero-order chi connectivity index (χ0) is 26.7. The molecule has 200 valence electrons. The highest BCUT2D eigenvalue weighted by molar-refractivity contribution is 5.96. The van der Waals surface area contributed by atoms with Crippen molar-refractivity contribution in [2.75, 3.05) is 43.5 Å². The minimum atomic E-state index is -4.74. The SMILES string of the molecule is COc1ccc(N2CCC(N3CC[C@@H](Nc4ccc(C(N)=O)c(CC=O)c4C(F)(F)F)C3)CC2)c(C)c1. The standard InChI is InChI=1S/C27H33F3N4O3/c1-17-15-20(37-2)3-6-24(17)33-12-8-19(9-13-33)34-11-7-18(16-34)32-23-5-4-22(26(31)36)21(10-14-35)25(23)27(28,29)30/h3-6,14-15,18-19,32H,7-13,16H2,1-2H3,(H2,31,36)/t18-/m1/s1. The Kier molecular flexibility index (Phi) is 7.96. The molecule has 2 saturated heterocycles. The number of hydrogen-bond acceptors (Lipinski definition) is 6. The van der Waals surface area contributed by atoms with Crippen LogP contribution in [0.2, 0.25) is 0 Å². The summed E-state index contributed by atoms with van der Waals surface area (Å²) in [5.74, 6) is -0.153. The fraction of sp³-hybridized carbons (Fsp3) is 0.481. The van der Waals surface area contributed by atoms with Crippen LogP contribution in [0.15, 0.2) is 30.3 Å². The number of carbonyl (C=O) groups excluding carboxylic acids is 2. The number of amides is 1. The number of methoxy groups -OCH3 is 1. The van der Waals surface area contributed by atoms with Crippen molar-refractivity contribution in [3.05, 3.63) is 52.6 Å². The third-order valence-electron chi connectivity index (χ3n) is 7.45. The van der Waals surface area contributed by atoms with E-state index in [1.54, 1.807) is 7.11 Å². The van der Waals surface area contributed by atoms with Crippen molar-refractivity contribution in [3.63, 3.8) is 0 Å². The summed E-state index contributed by atoms with van der Waals surface area (Å²) in [5, 5.41) is 3.05. The van der Waals surface area contributed by atoms with Gasteiger partial charge in [-0.25, -0.2) is 0 Å². The number of rotatable bonds is 8. The Balaban J connectivity index is 1.42. The first-order chi connectivity index (χ1) is 17.6. The van der Waals surface area contributed by atoms with Gasteiger partial charge in [-0.1, -0.05) is 0 Å². The van der Waals surface area contributed by atoms with E-state index in [0.29, 0.717) is 25.3 Å². The molecule has 2 aromatic rings. The van der Waals surface area contributed by atoms with Gasteiger partial charge in [0.05, 0.1) is 12.7 Å². The number of carbonyl (C=O) groups is 2. The second-order valence-electron chi connectivity index (χ2n) is 9.74. The van der Waals surface area contributed by atoms with Crippen molar-refractivity contribution in [3.8, 4) is 5.75 Å². The molecule has 3 N–H and O–H groups in total. The first-order valence-electron chi connectivity index (χ1n) is 12.5. The topological polar surface area (TPSA) is 87.9 Å². The highest BCUT2D eigenvalue weighted by Gasteiger charge is 2.39. The number of nitrogens with zero attached hydrogens (tertiary/aromatic N) is 2. The highest BCUT2D eigenvalue weighted by atomic mass is 19.4. The van der Waals surface area contributed by atoms with E-state index in [1.165, 1.54) is 23.4 Å². The van der Waals surface area contributed by atoms with Crippen LogP contribution in [0.3, 0.4) is 0 Å². The van der Waals surface area contributed by atoms with E-state index in [-0.39, 0.29) is 22.9 Å². The second-order valence-corrected chi connectivity index (χ2v) is 9.74. The molecule has 2 aliphatic rings. The molecule has 0 aromatic heterocycles. The summed E-state index contributed by atoms with van der Waals surface area (Å²) in [6, 6.07) is 8.79. The quantitative estimate of drug-likeness (QED) is 0.514. The van der Waals surface area contributed by atoms with Crippen LogP contribution in [0.25, 0.3) is 0 Å². The number of nitrogens with two attached hydrogens (primary N) is 1. The van der Waals surface area contributed by atoms with E-state index in [2.05, 4.69) is 28.1 Å². The van der Waals surface area contributed by atoms with Crippen LogP contribution in [0, 0.1) is 6.92 Å². The molecule has 0 spiro atoms. The lowest BCUT2D eigenvalue weighted by atomic mass is 9.95. The molecule has 37 heavy (non-hydrogen) atoms. The number of benzene rings is 2. The van der Waals surface area contributed by atoms with Gasteiger partial charge < -0.3 is 25.5 Å². The van der Waals surface area contributed by atoms with Gasteiger partial charge in [0.15, 0.2) is 0 Å². The van der Waals surface area contributed by atoms with Crippen LogP contribution in [0.5, 0.6) is 5.75 Å². The van der Waals surface area contributed by atoms with E-state index < -0.39 is 24.1 Å². The van der Waals surface area contributed by atoms with Crippen LogP contribution in [-0.2, 0) is 17.4 Å². The predicted octanol–water partition coefficient (Wildman–Crippen LogP) is 4.02. The van der Waals surface area contributed by atoms with Gasteiger partial charge in [0.2, 0.25) is 5.91 Å². The molecule has 0 unspecified atom stereocenters. The number of ether oxygens (including phenoxy) is 1. The number of hydrogen-bond donors (Lipinski definition) is 2. The lowest BCUT2D eigenvalue weighted by Gasteiger charge is -2.38. The molecule has 2 aliphatic heterocycles. The fourth-order valence-electron chi connectivity index (χ4n) is 5.66. The number of piperidine rings is 1. The fourth-order valence-corrected chi connectivity index (χ4v) is 5.66. The van der Waals surface area contributed by atoms with Gasteiger partial charge in [-0.2, -0.15) is 13.2 Å². The molecule has 2 aromatic carbocycles. The molecule has 7 nitrogen and oxygen atoms in total. The number of alkyl halides is 3. The van der Waals surface area contributed by atoms with Gasteiger partial charge in [0, 0.05) is 61.6 Å². The van der Waals surface area contributed by atoms with Gasteiger partial charge in [0.25, 0.3) is 0 Å². The number of primary amides is 1. The molecule has 0 radical (unpaired) electrons. The minimum Gasteiger partial charge on any atom is -0.497 e. The lowest BCUT2D eigenvalue weighted by Crippen LogP contribution is -2.44. The molecule has 0 bridgehead atoms. The lowest BCUT2D eigenvalue weighted by molar-refractivity contribution is -0.137. The van der Waals surface area contributed by atoms with Crippen LogP contribution in [0.4, 0.5) is 24.5 Å². The number of anilines is 2. The third kappa shape index (κ3) is 5.84. The minimum absolute atomic E-state index is 0.119. The maximum absolute atomic E-state index is 14.0. The van der Waals surface area contributed by atoms with Crippen molar-refractivity contribution >= 4 is 23.6 Å². The molecule has 2 fully saturated rings. The van der Waals surface area contributed by atoms with Crippen LogP contribution in [0.1, 0.15) is 46.3 Å². The Hall–Kier alpha value is -3.27. The average molecular weight is 519 g/mol. The summed E-state index contributed by atoms with van der Waals surface area (Å²) in [6.07, 6.45) is -2.26. The highest BCUT2D eigenvalue weighted by Crippen LogP contribution is 2.40. The van der Waals surface area contributed by atoms with E-state index in [9.17, 15) is 22.8 Å². The van der Waals surface area contributed by atoms with E-state index in [4.69, 9.17) is 10.5 Å². The number of halogens is 3. The first kappa shape index (κ1) is 26.8. The predicted molar refractivity (Wildman–Crippen MR) is 136 cm³/mol. The van der Waals surface area contributed by atoms with Gasteiger partial charge in [0.1, 0.15) is 12.0 Å². The van der Waals surface area contributed by atoms with Crippen molar-refractivity contribution in [2.24, 2.45) is 5.73 Å². The van der Waals surface area contributed by atoms with Crippen molar-refractivity contribution < 1.29 is 27.5 Å². The number of aryl methyl sites for hydroxylation is 1. The molecule has 2 heterocycles. The van der Waals surface area contributed by atoms with E-state index in [0.717, 1.165) is 38.2 Å². The maximum Gasteiger partial charge on any atom is 0.418 e. The zero-order valence-corrected chi connectivity index (χ0v) is 21.1. The summed E-state index contributed by atoms with van der Waals surface area (Å²) in [7, 11) is 1.66. The summed E-state index contributed by atoms with van der Waals surface area (Å²) in [4.78, 5) is 27.6. The molecule has 10 heteroatoms. The smallest absolute Gasteiger partial charge is 0.418 e. The largest absolute Gasteiger partial charge is 0.497 e. The van der Waals surface area contributed by atoms with E-state index in [1.807, 2.05) is 12.1 Å². The van der Waals surface area contributed by atoms with Crippen molar-refractivity contribution in [2.45, 2.75) is 50.9 Å².